The number of nitrogens with one attached hydrogen (secondary N) is 1. The second-order valence-electron chi connectivity index (χ2n) is 7.71. The summed E-state index contributed by atoms with van der Waals surface area (Å²) < 4.78 is 11.5. The highest BCUT2D eigenvalue weighted by atomic mass is 16.5. The van der Waals surface area contributed by atoms with Crippen LogP contribution < -0.4 is 10.2 Å². The van der Waals surface area contributed by atoms with Gasteiger partial charge in [-0.3, -0.25) is 9.69 Å². The summed E-state index contributed by atoms with van der Waals surface area (Å²) in [4.78, 5) is 16.8. The predicted octanol–water partition coefficient (Wildman–Crippen LogP) is 2.35. The monoisotopic (exact) mass is 361 g/mol. The van der Waals surface area contributed by atoms with Gasteiger partial charge >= 0.3 is 0 Å². The van der Waals surface area contributed by atoms with Crippen molar-refractivity contribution in [3.8, 4) is 0 Å². The first-order valence-corrected chi connectivity index (χ1v) is 9.57. The van der Waals surface area contributed by atoms with E-state index in [1.165, 1.54) is 5.69 Å². The number of carbonyl (C=O) groups is 1. The number of benzene rings is 1. The third-order valence-corrected chi connectivity index (χ3v) is 4.80. The van der Waals surface area contributed by atoms with Crippen molar-refractivity contribution in [1.82, 2.24) is 4.90 Å². The minimum absolute atomic E-state index is 0.0210. The van der Waals surface area contributed by atoms with Gasteiger partial charge in [0.05, 0.1) is 31.0 Å². The van der Waals surface area contributed by atoms with Crippen molar-refractivity contribution in [2.45, 2.75) is 52.1 Å². The molecular formula is C20H31N3O3. The molecule has 2 aliphatic rings. The van der Waals surface area contributed by atoms with Crippen molar-refractivity contribution in [2.75, 3.05) is 42.9 Å². The molecule has 2 aliphatic heterocycles. The number of rotatable bonds is 4. The highest BCUT2D eigenvalue weighted by Crippen LogP contribution is 2.22. The number of nitrogens with zero attached hydrogens (tertiary/aromatic N) is 2. The van der Waals surface area contributed by atoms with Crippen LogP contribution in [-0.4, -0.2) is 67.9 Å². The molecule has 0 saturated carbocycles. The first kappa shape index (κ1) is 19.1. The van der Waals surface area contributed by atoms with Crippen LogP contribution in [0.1, 0.15) is 27.7 Å². The third-order valence-electron chi connectivity index (χ3n) is 4.80. The second-order valence-corrected chi connectivity index (χ2v) is 7.71. The summed E-state index contributed by atoms with van der Waals surface area (Å²) in [5.41, 5.74) is 2.00. The van der Waals surface area contributed by atoms with Gasteiger partial charge in [0.25, 0.3) is 0 Å². The molecule has 144 valence electrons. The van der Waals surface area contributed by atoms with Crippen molar-refractivity contribution in [2.24, 2.45) is 0 Å². The van der Waals surface area contributed by atoms with Crippen LogP contribution in [0.15, 0.2) is 24.3 Å². The molecule has 6 nitrogen and oxygen atoms in total. The van der Waals surface area contributed by atoms with Crippen molar-refractivity contribution >= 4 is 17.3 Å². The zero-order valence-electron chi connectivity index (χ0n) is 16.3. The van der Waals surface area contributed by atoms with E-state index >= 15 is 0 Å². The number of carbonyl (C=O) groups excluding carboxylic acids is 1. The average molecular weight is 361 g/mol. The Bertz CT molecular complexity index is 587. The van der Waals surface area contributed by atoms with Crippen LogP contribution in [0.5, 0.6) is 0 Å². The minimum Gasteiger partial charge on any atom is -0.373 e. The summed E-state index contributed by atoms with van der Waals surface area (Å²) in [6.45, 7) is 12.1. The smallest absolute Gasteiger partial charge is 0.238 e. The van der Waals surface area contributed by atoms with Crippen LogP contribution in [0.3, 0.4) is 0 Å². The van der Waals surface area contributed by atoms with E-state index < -0.39 is 0 Å². The maximum atomic E-state index is 12.3. The van der Waals surface area contributed by atoms with Crippen LogP contribution in [0.2, 0.25) is 0 Å². The van der Waals surface area contributed by atoms with Gasteiger partial charge in [-0.05, 0) is 52.0 Å². The lowest BCUT2D eigenvalue weighted by Crippen LogP contribution is -2.48. The number of amides is 1. The standard InChI is InChI=1S/C20H31N3O3/c1-14-9-22(10-15(2)25-14)13-20(24)21-18-5-7-19(8-6-18)23-11-16(3)26-17(4)12-23/h5-8,14-17H,9-13H2,1-4H3,(H,21,24). The Kier molecular flexibility index (Phi) is 6.16. The molecule has 4 unspecified atom stereocenters. The van der Waals surface area contributed by atoms with E-state index in [0.717, 1.165) is 31.9 Å². The zero-order chi connectivity index (χ0) is 18.7. The summed E-state index contributed by atoms with van der Waals surface area (Å²) in [6, 6.07) is 8.09. The average Bonchev–Trinajstić information content (AvgIpc) is 2.53. The van der Waals surface area contributed by atoms with Gasteiger partial charge in [-0.2, -0.15) is 0 Å². The SMILES string of the molecule is CC1CN(CC(=O)Nc2ccc(N3CC(C)OC(C)C3)cc2)CC(C)O1. The lowest BCUT2D eigenvalue weighted by atomic mass is 10.2. The summed E-state index contributed by atoms with van der Waals surface area (Å²) >= 11 is 0. The maximum Gasteiger partial charge on any atom is 0.238 e. The molecule has 1 aromatic carbocycles. The van der Waals surface area contributed by atoms with Crippen molar-refractivity contribution in [3.63, 3.8) is 0 Å². The lowest BCUT2D eigenvalue weighted by molar-refractivity contribution is -0.121. The molecule has 2 fully saturated rings. The Morgan fingerprint density at radius 2 is 1.42 bits per heavy atom. The Hall–Kier alpha value is -1.63. The fourth-order valence-corrected chi connectivity index (χ4v) is 3.96. The van der Waals surface area contributed by atoms with Crippen LogP contribution in [0, 0.1) is 0 Å². The van der Waals surface area contributed by atoms with E-state index in [0.29, 0.717) is 6.54 Å². The van der Waals surface area contributed by atoms with E-state index in [1.807, 2.05) is 26.0 Å². The van der Waals surface area contributed by atoms with Gasteiger partial charge in [0.2, 0.25) is 5.91 Å². The first-order valence-electron chi connectivity index (χ1n) is 9.57. The topological polar surface area (TPSA) is 54.0 Å². The van der Waals surface area contributed by atoms with Gasteiger partial charge in [0.15, 0.2) is 0 Å². The summed E-state index contributed by atoms with van der Waals surface area (Å²) in [7, 11) is 0. The van der Waals surface area contributed by atoms with Crippen molar-refractivity contribution in [1.29, 1.82) is 0 Å². The van der Waals surface area contributed by atoms with Crippen LogP contribution in [0.4, 0.5) is 11.4 Å². The van der Waals surface area contributed by atoms with Crippen molar-refractivity contribution in [3.05, 3.63) is 24.3 Å². The van der Waals surface area contributed by atoms with Gasteiger partial charge in [-0.15, -0.1) is 0 Å². The predicted molar refractivity (Wildman–Crippen MR) is 104 cm³/mol. The second kappa shape index (κ2) is 8.37. The summed E-state index contributed by atoms with van der Waals surface area (Å²) in [6.07, 6.45) is 0.807. The molecule has 0 aromatic heterocycles. The molecule has 26 heavy (non-hydrogen) atoms. The highest BCUT2D eigenvalue weighted by molar-refractivity contribution is 5.92. The molecule has 4 atom stereocenters. The number of ether oxygens (including phenoxy) is 2. The number of hydrogen-bond donors (Lipinski definition) is 1. The quantitative estimate of drug-likeness (QED) is 0.892. The Labute approximate surface area is 156 Å². The number of anilines is 2. The molecule has 1 amide bonds. The first-order chi connectivity index (χ1) is 12.4. The molecule has 1 N–H and O–H groups in total. The van der Waals surface area contributed by atoms with Gasteiger partial charge in [-0.1, -0.05) is 0 Å². The van der Waals surface area contributed by atoms with Crippen LogP contribution in [-0.2, 0) is 14.3 Å². The number of hydrogen-bond acceptors (Lipinski definition) is 5. The lowest BCUT2D eigenvalue weighted by Gasteiger charge is -2.37. The van der Waals surface area contributed by atoms with Gasteiger partial charge in [0, 0.05) is 37.6 Å². The number of morpholine rings is 2. The fourth-order valence-electron chi connectivity index (χ4n) is 3.96. The molecule has 3 rings (SSSR count). The fraction of sp³-hybridized carbons (Fsp3) is 0.650. The molecule has 0 bridgehead atoms. The van der Waals surface area contributed by atoms with E-state index in [4.69, 9.17) is 9.47 Å². The largest absolute Gasteiger partial charge is 0.373 e. The van der Waals surface area contributed by atoms with Gasteiger partial charge in [-0.25, -0.2) is 0 Å². The van der Waals surface area contributed by atoms with E-state index in [9.17, 15) is 4.79 Å². The Morgan fingerprint density at radius 1 is 0.923 bits per heavy atom. The van der Waals surface area contributed by atoms with Crippen LogP contribution >= 0.6 is 0 Å². The van der Waals surface area contributed by atoms with E-state index in [-0.39, 0.29) is 30.3 Å². The summed E-state index contributed by atoms with van der Waals surface area (Å²) in [5, 5.41) is 3.00. The third kappa shape index (κ3) is 5.19. The molecule has 0 spiro atoms. The zero-order valence-corrected chi connectivity index (χ0v) is 16.3. The van der Waals surface area contributed by atoms with Crippen LogP contribution in [0.25, 0.3) is 0 Å². The molecule has 0 aliphatic carbocycles. The summed E-state index contributed by atoms with van der Waals surface area (Å²) in [5.74, 6) is 0.0210. The normalized spacial score (nSPS) is 30.2. The van der Waals surface area contributed by atoms with Gasteiger partial charge in [0.1, 0.15) is 0 Å². The molecule has 2 heterocycles. The van der Waals surface area contributed by atoms with Crippen molar-refractivity contribution < 1.29 is 14.3 Å². The molecule has 0 radical (unpaired) electrons. The minimum atomic E-state index is 0.0210. The molecular weight excluding hydrogens is 330 g/mol. The maximum absolute atomic E-state index is 12.3. The van der Waals surface area contributed by atoms with Gasteiger partial charge < -0.3 is 19.7 Å². The Morgan fingerprint density at radius 3 is 1.96 bits per heavy atom. The molecule has 6 heteroatoms. The molecule has 1 aromatic rings. The Balaban J connectivity index is 1.53. The molecule has 2 saturated heterocycles. The van der Waals surface area contributed by atoms with E-state index in [1.54, 1.807) is 0 Å². The highest BCUT2D eigenvalue weighted by Gasteiger charge is 2.24. The van der Waals surface area contributed by atoms with E-state index in [2.05, 4.69) is 41.1 Å².